The van der Waals surface area contributed by atoms with E-state index in [-0.39, 0.29) is 0 Å². The molecule has 0 bridgehead atoms. The summed E-state index contributed by atoms with van der Waals surface area (Å²) in [6.07, 6.45) is 0. The van der Waals surface area contributed by atoms with Gasteiger partial charge in [0.25, 0.3) is 0 Å². The standard InChI is InChI=1S/C7H13NOS/c1-6(2)8-3-4-10-7(9)5-8/h6H,3-5H2,1-2H3. The van der Waals surface area contributed by atoms with E-state index in [0.717, 1.165) is 12.3 Å². The van der Waals surface area contributed by atoms with Gasteiger partial charge in [-0.05, 0) is 13.8 Å². The van der Waals surface area contributed by atoms with Crippen molar-refractivity contribution in [2.75, 3.05) is 18.8 Å². The molecular weight excluding hydrogens is 146 g/mol. The molecule has 0 spiro atoms. The third-order valence-electron chi connectivity index (χ3n) is 1.70. The van der Waals surface area contributed by atoms with E-state index < -0.39 is 0 Å². The van der Waals surface area contributed by atoms with Crippen LogP contribution in [-0.4, -0.2) is 34.9 Å². The van der Waals surface area contributed by atoms with Crippen molar-refractivity contribution in [1.82, 2.24) is 4.90 Å². The Morgan fingerprint density at radius 1 is 1.60 bits per heavy atom. The zero-order valence-corrected chi connectivity index (χ0v) is 7.28. The van der Waals surface area contributed by atoms with Crippen LogP contribution in [0.15, 0.2) is 0 Å². The lowest BCUT2D eigenvalue weighted by Gasteiger charge is -2.28. The average molecular weight is 159 g/mol. The molecule has 0 aromatic heterocycles. The minimum absolute atomic E-state index is 0.319. The lowest BCUT2D eigenvalue weighted by Crippen LogP contribution is -2.40. The maximum absolute atomic E-state index is 10.9. The fourth-order valence-electron chi connectivity index (χ4n) is 1.01. The van der Waals surface area contributed by atoms with Crippen molar-refractivity contribution in [3.05, 3.63) is 0 Å². The molecule has 0 radical (unpaired) electrons. The predicted octanol–water partition coefficient (Wildman–Crippen LogP) is 0.970. The van der Waals surface area contributed by atoms with E-state index in [4.69, 9.17) is 0 Å². The minimum atomic E-state index is 0.319. The highest BCUT2D eigenvalue weighted by Crippen LogP contribution is 2.12. The molecule has 0 saturated carbocycles. The Labute approximate surface area is 66.0 Å². The van der Waals surface area contributed by atoms with E-state index >= 15 is 0 Å². The molecule has 2 nitrogen and oxygen atoms in total. The smallest absolute Gasteiger partial charge is 0.202 e. The second kappa shape index (κ2) is 3.39. The van der Waals surface area contributed by atoms with Gasteiger partial charge >= 0.3 is 0 Å². The van der Waals surface area contributed by atoms with E-state index in [1.54, 1.807) is 0 Å². The molecular formula is C7H13NOS. The SMILES string of the molecule is CC(C)N1CCSC(=O)C1. The molecule has 58 valence electrons. The lowest BCUT2D eigenvalue weighted by molar-refractivity contribution is -0.112. The molecule has 1 fully saturated rings. The van der Waals surface area contributed by atoms with Gasteiger partial charge in [0.2, 0.25) is 5.12 Å². The molecule has 0 aliphatic carbocycles. The van der Waals surface area contributed by atoms with Gasteiger partial charge in [-0.3, -0.25) is 9.69 Å². The Bertz CT molecular complexity index is 136. The fourth-order valence-corrected chi connectivity index (χ4v) is 1.82. The Hall–Kier alpha value is -0.0200. The monoisotopic (exact) mass is 159 g/mol. The van der Waals surface area contributed by atoms with Gasteiger partial charge in [0, 0.05) is 18.3 Å². The number of carbonyl (C=O) groups excluding carboxylic acids is 1. The predicted molar refractivity (Wildman–Crippen MR) is 44.2 cm³/mol. The molecule has 0 unspecified atom stereocenters. The van der Waals surface area contributed by atoms with Crippen LogP contribution in [0.4, 0.5) is 0 Å². The molecule has 0 atom stereocenters. The molecule has 1 heterocycles. The summed E-state index contributed by atoms with van der Waals surface area (Å²) in [7, 11) is 0. The third-order valence-corrected chi connectivity index (χ3v) is 2.54. The molecule has 10 heavy (non-hydrogen) atoms. The van der Waals surface area contributed by atoms with Gasteiger partial charge in [0.15, 0.2) is 0 Å². The molecule has 0 aromatic rings. The lowest BCUT2D eigenvalue weighted by atomic mass is 10.3. The van der Waals surface area contributed by atoms with Crippen LogP contribution in [0.2, 0.25) is 0 Å². The Balaban J connectivity index is 2.39. The van der Waals surface area contributed by atoms with Crippen LogP contribution >= 0.6 is 11.8 Å². The van der Waals surface area contributed by atoms with Gasteiger partial charge in [-0.2, -0.15) is 0 Å². The molecule has 1 rings (SSSR count). The van der Waals surface area contributed by atoms with E-state index in [1.807, 2.05) is 0 Å². The summed E-state index contributed by atoms with van der Waals surface area (Å²) in [6.45, 7) is 5.96. The van der Waals surface area contributed by atoms with E-state index in [0.29, 0.717) is 17.7 Å². The number of thioether (sulfide) groups is 1. The Morgan fingerprint density at radius 2 is 2.30 bits per heavy atom. The van der Waals surface area contributed by atoms with Crippen molar-refractivity contribution in [2.24, 2.45) is 0 Å². The maximum atomic E-state index is 10.9. The molecule has 1 aliphatic rings. The van der Waals surface area contributed by atoms with E-state index in [9.17, 15) is 4.79 Å². The molecule has 1 aliphatic heterocycles. The van der Waals surface area contributed by atoms with Crippen LogP contribution in [0, 0.1) is 0 Å². The van der Waals surface area contributed by atoms with Crippen LogP contribution in [0.5, 0.6) is 0 Å². The topological polar surface area (TPSA) is 20.3 Å². The third kappa shape index (κ3) is 1.99. The minimum Gasteiger partial charge on any atom is -0.292 e. The summed E-state index contributed by atoms with van der Waals surface area (Å²) >= 11 is 1.46. The average Bonchev–Trinajstić information content (AvgIpc) is 1.88. The first-order valence-electron chi connectivity index (χ1n) is 3.60. The summed E-state index contributed by atoms with van der Waals surface area (Å²) in [4.78, 5) is 13.1. The first kappa shape index (κ1) is 8.08. The largest absolute Gasteiger partial charge is 0.292 e. The van der Waals surface area contributed by atoms with Crippen molar-refractivity contribution in [2.45, 2.75) is 19.9 Å². The van der Waals surface area contributed by atoms with Gasteiger partial charge in [-0.15, -0.1) is 0 Å². The van der Waals surface area contributed by atoms with Gasteiger partial charge in [0.1, 0.15) is 0 Å². The van der Waals surface area contributed by atoms with Crippen molar-refractivity contribution >= 4 is 16.9 Å². The summed E-state index contributed by atoms with van der Waals surface area (Å²) in [5.74, 6) is 0.969. The molecule has 0 aromatic carbocycles. The number of hydrogen-bond donors (Lipinski definition) is 0. The van der Waals surface area contributed by atoms with Crippen molar-refractivity contribution in [1.29, 1.82) is 0 Å². The highest BCUT2D eigenvalue weighted by Gasteiger charge is 2.18. The Kier molecular flexibility index (Phi) is 2.74. The van der Waals surface area contributed by atoms with E-state index in [2.05, 4.69) is 18.7 Å². The first-order chi connectivity index (χ1) is 4.70. The molecule has 3 heteroatoms. The Morgan fingerprint density at radius 3 is 2.70 bits per heavy atom. The van der Waals surface area contributed by atoms with Gasteiger partial charge < -0.3 is 0 Å². The summed E-state index contributed by atoms with van der Waals surface area (Å²) in [6, 6.07) is 0.518. The zero-order valence-electron chi connectivity index (χ0n) is 6.46. The van der Waals surface area contributed by atoms with Crippen LogP contribution in [0.25, 0.3) is 0 Å². The fraction of sp³-hybridized carbons (Fsp3) is 0.857. The number of carbonyl (C=O) groups is 1. The van der Waals surface area contributed by atoms with E-state index in [1.165, 1.54) is 11.8 Å². The zero-order chi connectivity index (χ0) is 7.56. The molecule has 0 N–H and O–H groups in total. The highest BCUT2D eigenvalue weighted by molar-refractivity contribution is 8.13. The van der Waals surface area contributed by atoms with Gasteiger partial charge in [-0.25, -0.2) is 0 Å². The van der Waals surface area contributed by atoms with Gasteiger partial charge in [0.05, 0.1) is 6.54 Å². The number of nitrogens with zero attached hydrogens (tertiary/aromatic N) is 1. The molecule has 0 amide bonds. The van der Waals surface area contributed by atoms with Crippen molar-refractivity contribution in [3.63, 3.8) is 0 Å². The van der Waals surface area contributed by atoms with Crippen LogP contribution in [0.3, 0.4) is 0 Å². The summed E-state index contributed by atoms with van der Waals surface area (Å²) in [5.41, 5.74) is 0. The second-order valence-electron chi connectivity index (χ2n) is 2.78. The van der Waals surface area contributed by atoms with Crippen LogP contribution in [-0.2, 0) is 4.79 Å². The van der Waals surface area contributed by atoms with Crippen molar-refractivity contribution < 1.29 is 4.79 Å². The number of rotatable bonds is 1. The summed E-state index contributed by atoms with van der Waals surface area (Å²) < 4.78 is 0. The summed E-state index contributed by atoms with van der Waals surface area (Å²) in [5, 5.41) is 0.319. The quantitative estimate of drug-likeness (QED) is 0.568. The molecule has 1 saturated heterocycles. The van der Waals surface area contributed by atoms with Crippen LogP contribution < -0.4 is 0 Å². The number of hydrogen-bond acceptors (Lipinski definition) is 3. The normalized spacial score (nSPS) is 22.1. The maximum Gasteiger partial charge on any atom is 0.202 e. The first-order valence-corrected chi connectivity index (χ1v) is 4.58. The van der Waals surface area contributed by atoms with Gasteiger partial charge in [-0.1, -0.05) is 11.8 Å². The highest BCUT2D eigenvalue weighted by atomic mass is 32.2. The van der Waals surface area contributed by atoms with Crippen LogP contribution in [0.1, 0.15) is 13.8 Å². The van der Waals surface area contributed by atoms with Crippen molar-refractivity contribution in [3.8, 4) is 0 Å². The second-order valence-corrected chi connectivity index (χ2v) is 3.94.